The smallest absolute Gasteiger partial charge is 0.233 e. The fraction of sp³-hybridized carbons (Fsp3) is 0.833. The third kappa shape index (κ3) is 4.94. The number of methoxy groups -OCH3 is 1. The minimum absolute atomic E-state index is 0.0521. The Bertz CT molecular complexity index is 450. The third-order valence-corrected chi connectivity index (χ3v) is 4.23. The first kappa shape index (κ1) is 16.2. The van der Waals surface area contributed by atoms with Gasteiger partial charge in [-0.05, 0) is 30.2 Å². The Morgan fingerprint density at radius 2 is 2.52 bits per heavy atom. The quantitative estimate of drug-likeness (QED) is 0.537. The summed E-state index contributed by atoms with van der Waals surface area (Å²) in [5.74, 6) is -0.0521. The van der Waals surface area contributed by atoms with Crippen LogP contribution in [-0.4, -0.2) is 64.3 Å². The van der Waals surface area contributed by atoms with Gasteiger partial charge in [-0.1, -0.05) is 11.8 Å². The van der Waals surface area contributed by atoms with Crippen molar-refractivity contribution >= 4 is 17.7 Å². The number of carbonyl (C=O) groups excluding carboxylic acids is 1. The molecule has 1 aliphatic heterocycles. The molecule has 1 fully saturated rings. The predicted octanol–water partition coefficient (Wildman–Crippen LogP) is 0.0953. The highest BCUT2D eigenvalue weighted by Gasteiger charge is 2.22. The van der Waals surface area contributed by atoms with Crippen LogP contribution in [0.4, 0.5) is 0 Å². The molecule has 118 valence electrons. The van der Waals surface area contributed by atoms with Crippen molar-refractivity contribution in [2.45, 2.75) is 42.8 Å². The van der Waals surface area contributed by atoms with Crippen LogP contribution in [0.5, 0.6) is 0 Å². The van der Waals surface area contributed by atoms with E-state index in [4.69, 9.17) is 9.47 Å². The lowest BCUT2D eigenvalue weighted by atomic mass is 10.2. The van der Waals surface area contributed by atoms with E-state index in [0.717, 1.165) is 19.4 Å². The molecule has 9 heteroatoms. The van der Waals surface area contributed by atoms with Crippen LogP contribution in [0.25, 0.3) is 0 Å². The van der Waals surface area contributed by atoms with Crippen molar-refractivity contribution < 1.29 is 14.3 Å². The second kappa shape index (κ2) is 8.30. The zero-order valence-corrected chi connectivity index (χ0v) is 13.1. The molecule has 0 radical (unpaired) electrons. The summed E-state index contributed by atoms with van der Waals surface area (Å²) in [4.78, 5) is 11.9. The molecule has 0 saturated carbocycles. The van der Waals surface area contributed by atoms with Gasteiger partial charge >= 0.3 is 0 Å². The van der Waals surface area contributed by atoms with Crippen LogP contribution in [0.15, 0.2) is 5.16 Å². The number of nitrogens with one attached hydrogen (secondary N) is 1. The highest BCUT2D eigenvalue weighted by Crippen LogP contribution is 2.22. The molecule has 21 heavy (non-hydrogen) atoms. The van der Waals surface area contributed by atoms with Gasteiger partial charge in [0.25, 0.3) is 0 Å². The molecule has 1 N–H and O–H groups in total. The lowest BCUT2D eigenvalue weighted by Gasteiger charge is -2.13. The van der Waals surface area contributed by atoms with E-state index in [1.807, 2.05) is 6.92 Å². The first-order valence-corrected chi connectivity index (χ1v) is 7.89. The second-order valence-electron chi connectivity index (χ2n) is 4.82. The highest BCUT2D eigenvalue weighted by molar-refractivity contribution is 8.00. The van der Waals surface area contributed by atoms with Crippen LogP contribution in [0.1, 0.15) is 19.8 Å². The largest absolute Gasteiger partial charge is 0.383 e. The fourth-order valence-corrected chi connectivity index (χ4v) is 2.83. The molecule has 8 nitrogen and oxygen atoms in total. The highest BCUT2D eigenvalue weighted by atomic mass is 32.2. The van der Waals surface area contributed by atoms with Gasteiger partial charge in [0.2, 0.25) is 11.1 Å². The average molecular weight is 315 g/mol. The number of hydrogen-bond acceptors (Lipinski definition) is 7. The predicted molar refractivity (Wildman–Crippen MR) is 77.0 cm³/mol. The molecule has 0 spiro atoms. The molecular weight excluding hydrogens is 294 g/mol. The molecule has 2 atom stereocenters. The van der Waals surface area contributed by atoms with Gasteiger partial charge in [0.05, 0.1) is 24.5 Å². The van der Waals surface area contributed by atoms with Crippen LogP contribution in [-0.2, 0) is 20.8 Å². The summed E-state index contributed by atoms with van der Waals surface area (Å²) in [5.41, 5.74) is 0. The summed E-state index contributed by atoms with van der Waals surface area (Å²) < 4.78 is 12.2. The van der Waals surface area contributed by atoms with Crippen LogP contribution in [0, 0.1) is 0 Å². The standard InChI is InChI=1S/C12H21N5O3S/c1-9(11(18)13-5-7-19-2)21-12-14-15-16-17(12)8-10-4-3-6-20-10/h9-10H,3-8H2,1-2H3,(H,13,18)/t9-,10-/m0/s1. The first-order chi connectivity index (χ1) is 10.2. The fourth-order valence-electron chi connectivity index (χ4n) is 2.01. The van der Waals surface area contributed by atoms with Crippen molar-refractivity contribution in [2.75, 3.05) is 26.9 Å². The zero-order valence-electron chi connectivity index (χ0n) is 12.3. The molecule has 1 amide bonds. The van der Waals surface area contributed by atoms with Crippen LogP contribution in [0.2, 0.25) is 0 Å². The topological polar surface area (TPSA) is 91.2 Å². The Balaban J connectivity index is 1.84. The van der Waals surface area contributed by atoms with Gasteiger partial charge in [0.15, 0.2) is 0 Å². The Morgan fingerprint density at radius 1 is 1.67 bits per heavy atom. The first-order valence-electron chi connectivity index (χ1n) is 7.01. The van der Waals surface area contributed by atoms with Gasteiger partial charge in [-0.3, -0.25) is 4.79 Å². The Hall–Kier alpha value is -1.19. The van der Waals surface area contributed by atoms with Gasteiger partial charge in [-0.15, -0.1) is 5.10 Å². The Labute approximate surface area is 127 Å². The van der Waals surface area contributed by atoms with Crippen LogP contribution in [0.3, 0.4) is 0 Å². The van der Waals surface area contributed by atoms with Crippen molar-refractivity contribution in [1.29, 1.82) is 0 Å². The molecule has 1 aromatic rings. The van der Waals surface area contributed by atoms with E-state index in [2.05, 4.69) is 20.8 Å². The maximum atomic E-state index is 11.9. The monoisotopic (exact) mass is 315 g/mol. The minimum atomic E-state index is -0.267. The molecule has 2 rings (SSSR count). The average Bonchev–Trinajstić information content (AvgIpc) is 3.12. The molecule has 0 unspecified atom stereocenters. The SMILES string of the molecule is COCCNC(=O)[C@H](C)Sc1nnnn1C[C@@H]1CCCO1. The summed E-state index contributed by atoms with van der Waals surface area (Å²) in [6, 6.07) is 0. The van der Waals surface area contributed by atoms with Crippen molar-refractivity contribution in [3.05, 3.63) is 0 Å². The van der Waals surface area contributed by atoms with Crippen molar-refractivity contribution in [3.63, 3.8) is 0 Å². The van der Waals surface area contributed by atoms with Gasteiger partial charge < -0.3 is 14.8 Å². The van der Waals surface area contributed by atoms with Gasteiger partial charge in [-0.2, -0.15) is 0 Å². The maximum absolute atomic E-state index is 11.9. The zero-order chi connectivity index (χ0) is 15.1. The van der Waals surface area contributed by atoms with Gasteiger partial charge in [0, 0.05) is 20.3 Å². The Kier molecular flexibility index (Phi) is 6.40. The lowest BCUT2D eigenvalue weighted by molar-refractivity contribution is -0.120. The van der Waals surface area contributed by atoms with Crippen LogP contribution >= 0.6 is 11.8 Å². The minimum Gasteiger partial charge on any atom is -0.383 e. The number of tetrazole rings is 1. The number of amides is 1. The van der Waals surface area contributed by atoms with E-state index in [9.17, 15) is 4.79 Å². The van der Waals surface area contributed by atoms with Gasteiger partial charge in [0.1, 0.15) is 0 Å². The molecule has 1 aromatic heterocycles. The number of aromatic nitrogens is 4. The van der Waals surface area contributed by atoms with Gasteiger partial charge in [-0.25, -0.2) is 4.68 Å². The van der Waals surface area contributed by atoms with E-state index < -0.39 is 0 Å². The summed E-state index contributed by atoms with van der Waals surface area (Å²) in [7, 11) is 1.60. The summed E-state index contributed by atoms with van der Waals surface area (Å²) in [5, 5.41) is 14.8. The molecular formula is C12H21N5O3S. The summed E-state index contributed by atoms with van der Waals surface area (Å²) in [6.45, 7) is 4.26. The summed E-state index contributed by atoms with van der Waals surface area (Å²) >= 11 is 1.34. The van der Waals surface area contributed by atoms with Crippen LogP contribution < -0.4 is 5.32 Å². The molecule has 0 bridgehead atoms. The number of hydrogen-bond donors (Lipinski definition) is 1. The van der Waals surface area contributed by atoms with E-state index in [1.165, 1.54) is 11.8 Å². The molecule has 0 aliphatic carbocycles. The number of ether oxygens (including phenoxy) is 2. The lowest BCUT2D eigenvalue weighted by Crippen LogP contribution is -2.33. The number of thioether (sulfide) groups is 1. The number of rotatable bonds is 8. The van der Waals surface area contributed by atoms with Crippen molar-refractivity contribution in [2.24, 2.45) is 0 Å². The summed E-state index contributed by atoms with van der Waals surface area (Å²) in [6.07, 6.45) is 2.27. The number of carbonyl (C=O) groups is 1. The van der Waals surface area contributed by atoms with E-state index in [0.29, 0.717) is 24.9 Å². The second-order valence-corrected chi connectivity index (χ2v) is 6.13. The molecule has 1 saturated heterocycles. The normalized spacial score (nSPS) is 19.6. The number of nitrogens with zero attached hydrogens (tertiary/aromatic N) is 4. The third-order valence-electron chi connectivity index (χ3n) is 3.16. The van der Waals surface area contributed by atoms with E-state index in [1.54, 1.807) is 11.8 Å². The maximum Gasteiger partial charge on any atom is 0.233 e. The molecule has 1 aliphatic rings. The molecule has 2 heterocycles. The van der Waals surface area contributed by atoms with Crippen molar-refractivity contribution in [3.8, 4) is 0 Å². The van der Waals surface area contributed by atoms with E-state index in [-0.39, 0.29) is 17.3 Å². The van der Waals surface area contributed by atoms with Crippen molar-refractivity contribution in [1.82, 2.24) is 25.5 Å². The molecule has 0 aromatic carbocycles. The Morgan fingerprint density at radius 3 is 3.24 bits per heavy atom. The van der Waals surface area contributed by atoms with E-state index >= 15 is 0 Å².